The van der Waals surface area contributed by atoms with Gasteiger partial charge in [0.15, 0.2) is 5.65 Å². The molecule has 3 aromatic rings. The van der Waals surface area contributed by atoms with Crippen molar-refractivity contribution in [3.05, 3.63) is 36.3 Å². The third-order valence-electron chi connectivity index (χ3n) is 4.03. The van der Waals surface area contributed by atoms with Crippen LogP contribution in [0.1, 0.15) is 25.6 Å². The number of fused-ring (bicyclic) bond motifs is 1. The Balaban J connectivity index is 1.57. The van der Waals surface area contributed by atoms with E-state index < -0.39 is 23.8 Å². The summed E-state index contributed by atoms with van der Waals surface area (Å²) in [6.45, 7) is 0.718. The average Bonchev–Trinajstić information content (AvgIpc) is 2.97. The molecule has 26 heavy (non-hydrogen) atoms. The van der Waals surface area contributed by atoms with Gasteiger partial charge in [-0.2, -0.15) is 18.4 Å². The molecule has 0 N–H and O–H groups in total. The van der Waals surface area contributed by atoms with Gasteiger partial charge in [0.2, 0.25) is 11.7 Å². The van der Waals surface area contributed by atoms with E-state index in [0.717, 1.165) is 11.4 Å². The molecule has 0 unspecified atom stereocenters. The van der Waals surface area contributed by atoms with Crippen LogP contribution in [-0.4, -0.2) is 36.8 Å². The minimum atomic E-state index is -3.19. The first kappa shape index (κ1) is 16.7. The molecule has 10 heteroatoms. The fourth-order valence-corrected chi connectivity index (χ4v) is 2.68. The second kappa shape index (κ2) is 5.61. The van der Waals surface area contributed by atoms with Gasteiger partial charge in [-0.05, 0) is 18.2 Å². The van der Waals surface area contributed by atoms with Gasteiger partial charge < -0.3 is 4.74 Å². The van der Waals surface area contributed by atoms with Crippen LogP contribution in [0.5, 0.6) is 5.88 Å². The number of halogens is 4. The van der Waals surface area contributed by atoms with E-state index in [1.54, 1.807) is 12.1 Å². The average molecular weight is 367 g/mol. The van der Waals surface area contributed by atoms with E-state index in [1.165, 1.54) is 18.3 Å². The zero-order valence-electron chi connectivity index (χ0n) is 13.5. The molecule has 4 rings (SSSR count). The lowest BCUT2D eigenvalue weighted by Gasteiger charge is -2.34. The van der Waals surface area contributed by atoms with Crippen LogP contribution in [0.15, 0.2) is 30.5 Å². The number of nitrogens with zero attached hydrogens (tertiary/aromatic N) is 5. The Morgan fingerprint density at radius 1 is 1.15 bits per heavy atom. The molecule has 6 nitrogen and oxygen atoms in total. The summed E-state index contributed by atoms with van der Waals surface area (Å²) in [4.78, 5) is 4.07. The molecule has 1 fully saturated rings. The molecule has 0 radical (unpaired) electrons. The van der Waals surface area contributed by atoms with E-state index in [2.05, 4.69) is 20.3 Å². The molecule has 3 heterocycles. The van der Waals surface area contributed by atoms with Crippen molar-refractivity contribution in [1.29, 1.82) is 0 Å². The summed E-state index contributed by atoms with van der Waals surface area (Å²) in [5.74, 6) is -6.19. The first-order valence-corrected chi connectivity index (χ1v) is 7.83. The van der Waals surface area contributed by atoms with E-state index in [9.17, 15) is 17.6 Å². The second-order valence-corrected chi connectivity index (χ2v) is 6.29. The highest BCUT2D eigenvalue weighted by Gasteiger charge is 2.47. The van der Waals surface area contributed by atoms with Crippen LogP contribution in [-0.2, 0) is 5.92 Å². The molecule has 0 amide bonds. The van der Waals surface area contributed by atoms with Crippen molar-refractivity contribution >= 4 is 5.65 Å². The zero-order valence-corrected chi connectivity index (χ0v) is 13.5. The van der Waals surface area contributed by atoms with Crippen molar-refractivity contribution in [2.24, 2.45) is 0 Å². The summed E-state index contributed by atoms with van der Waals surface area (Å²) in [5, 5.41) is 11.3. The highest BCUT2D eigenvalue weighted by molar-refractivity contribution is 5.59. The lowest BCUT2D eigenvalue weighted by atomic mass is 9.91. The van der Waals surface area contributed by atoms with Crippen molar-refractivity contribution < 1.29 is 22.3 Å². The summed E-state index contributed by atoms with van der Waals surface area (Å²) in [7, 11) is 0. The van der Waals surface area contributed by atoms with Crippen molar-refractivity contribution in [2.75, 3.05) is 0 Å². The van der Waals surface area contributed by atoms with Crippen LogP contribution in [0, 0.1) is 0 Å². The van der Waals surface area contributed by atoms with Crippen LogP contribution in [0.25, 0.3) is 16.9 Å². The minimum Gasteiger partial charge on any atom is -0.474 e. The second-order valence-electron chi connectivity index (χ2n) is 6.29. The fraction of sp³-hybridized carbons (Fsp3) is 0.375. The largest absolute Gasteiger partial charge is 0.474 e. The van der Waals surface area contributed by atoms with E-state index in [-0.39, 0.29) is 24.4 Å². The topological polar surface area (TPSA) is 65.2 Å². The van der Waals surface area contributed by atoms with Crippen LogP contribution in [0.3, 0.4) is 0 Å². The number of hydrogen-bond acceptors (Lipinski definition) is 5. The Kier molecular flexibility index (Phi) is 3.60. The minimum absolute atomic E-state index is 0.198. The van der Waals surface area contributed by atoms with Gasteiger partial charge in [0.1, 0.15) is 6.10 Å². The molecule has 1 saturated carbocycles. The maximum Gasteiger partial charge on any atom is 0.305 e. The lowest BCUT2D eigenvalue weighted by molar-refractivity contribution is -0.135. The maximum atomic E-state index is 13.6. The Labute approximate surface area is 144 Å². The third-order valence-corrected chi connectivity index (χ3v) is 4.03. The van der Waals surface area contributed by atoms with E-state index >= 15 is 0 Å². The van der Waals surface area contributed by atoms with Gasteiger partial charge >= 0.3 is 5.92 Å². The molecule has 3 aromatic heterocycles. The number of alkyl halides is 4. The third kappa shape index (κ3) is 3.06. The number of pyridine rings is 1. The highest BCUT2D eigenvalue weighted by Crippen LogP contribution is 2.39. The van der Waals surface area contributed by atoms with E-state index in [0.29, 0.717) is 11.3 Å². The normalized spacial score (nSPS) is 17.3. The molecule has 0 saturated heterocycles. The predicted octanol–water partition coefficient (Wildman–Crippen LogP) is 3.47. The molecule has 0 spiro atoms. The lowest BCUT2D eigenvalue weighted by Crippen LogP contribution is -2.43. The van der Waals surface area contributed by atoms with Gasteiger partial charge in [-0.3, -0.25) is 0 Å². The molecule has 1 aliphatic carbocycles. The van der Waals surface area contributed by atoms with Crippen molar-refractivity contribution in [3.8, 4) is 17.1 Å². The molecule has 0 bridgehead atoms. The highest BCUT2D eigenvalue weighted by atomic mass is 19.3. The summed E-state index contributed by atoms with van der Waals surface area (Å²) in [5.41, 5.74) is 1.14. The standard InChI is InChI=1S/C16H13F4N5O/c1-15(17,18)14-23-22-12-4-3-11(24-25(12)14)9-2-5-13(21-8-9)26-10-6-16(19,20)7-10/h2-5,8,10H,6-7H2,1H3. The first-order chi connectivity index (χ1) is 12.2. The van der Waals surface area contributed by atoms with E-state index in [1.807, 2.05) is 0 Å². The van der Waals surface area contributed by atoms with Crippen molar-refractivity contribution in [3.63, 3.8) is 0 Å². The smallest absolute Gasteiger partial charge is 0.305 e. The zero-order chi connectivity index (χ0) is 18.5. The molecule has 1 aliphatic rings. The van der Waals surface area contributed by atoms with Crippen LogP contribution in [0.2, 0.25) is 0 Å². The van der Waals surface area contributed by atoms with Gasteiger partial charge in [-0.15, -0.1) is 10.2 Å². The maximum absolute atomic E-state index is 13.6. The first-order valence-electron chi connectivity index (χ1n) is 7.83. The molecule has 136 valence electrons. The monoisotopic (exact) mass is 367 g/mol. The molecular formula is C16H13F4N5O. The van der Waals surface area contributed by atoms with E-state index in [4.69, 9.17) is 4.74 Å². The summed E-state index contributed by atoms with van der Waals surface area (Å²) >= 11 is 0. The van der Waals surface area contributed by atoms with Gasteiger partial charge in [-0.1, -0.05) is 0 Å². The van der Waals surface area contributed by atoms with Crippen LogP contribution in [0.4, 0.5) is 17.6 Å². The fourth-order valence-electron chi connectivity index (χ4n) is 2.68. The van der Waals surface area contributed by atoms with Gasteiger partial charge in [-0.25, -0.2) is 13.8 Å². The van der Waals surface area contributed by atoms with Crippen LogP contribution >= 0.6 is 0 Å². The van der Waals surface area contributed by atoms with Crippen molar-refractivity contribution in [1.82, 2.24) is 24.8 Å². The van der Waals surface area contributed by atoms with Gasteiger partial charge in [0.05, 0.1) is 5.69 Å². The van der Waals surface area contributed by atoms with Gasteiger partial charge in [0.25, 0.3) is 5.92 Å². The number of rotatable bonds is 4. The number of hydrogen-bond donors (Lipinski definition) is 0. The SMILES string of the molecule is CC(F)(F)c1nnc2ccc(-c3ccc(OC4CC(F)(F)C4)nc3)nn12. The Morgan fingerprint density at radius 3 is 2.54 bits per heavy atom. The van der Waals surface area contributed by atoms with Gasteiger partial charge in [0, 0.05) is 37.6 Å². The summed E-state index contributed by atoms with van der Waals surface area (Å²) in [6, 6.07) is 6.28. The number of aromatic nitrogens is 5. The van der Waals surface area contributed by atoms with Crippen LogP contribution < -0.4 is 4.74 Å². The predicted molar refractivity (Wildman–Crippen MR) is 82.2 cm³/mol. The Morgan fingerprint density at radius 2 is 1.92 bits per heavy atom. The van der Waals surface area contributed by atoms with Crippen molar-refractivity contribution in [2.45, 2.75) is 37.7 Å². The summed E-state index contributed by atoms with van der Waals surface area (Å²) in [6.07, 6.45) is 0.241. The molecule has 0 aromatic carbocycles. The Hall–Kier alpha value is -2.78. The quantitative estimate of drug-likeness (QED) is 0.661. The summed E-state index contributed by atoms with van der Waals surface area (Å²) < 4.78 is 59.1. The molecule has 0 aliphatic heterocycles. The Bertz CT molecular complexity index is 943. The number of ether oxygens (including phenoxy) is 1. The molecule has 0 atom stereocenters. The molecular weight excluding hydrogens is 354 g/mol.